The van der Waals surface area contributed by atoms with Crippen LogP contribution in [0.4, 0.5) is 13.2 Å². The predicted octanol–water partition coefficient (Wildman–Crippen LogP) is 3.96. The van der Waals surface area contributed by atoms with Gasteiger partial charge in [0, 0.05) is 11.6 Å². The summed E-state index contributed by atoms with van der Waals surface area (Å²) >= 11 is 0. The molecule has 0 aliphatic rings. The van der Waals surface area contributed by atoms with E-state index in [1.807, 2.05) is 0 Å². The van der Waals surface area contributed by atoms with Crippen molar-refractivity contribution in [3.63, 3.8) is 0 Å². The fourth-order valence-corrected chi connectivity index (χ4v) is 2.97. The van der Waals surface area contributed by atoms with Gasteiger partial charge in [-0.3, -0.25) is 4.79 Å². The van der Waals surface area contributed by atoms with Gasteiger partial charge >= 0.3 is 6.18 Å². The van der Waals surface area contributed by atoms with Crippen molar-refractivity contribution < 1.29 is 27.4 Å². The van der Waals surface area contributed by atoms with Crippen molar-refractivity contribution in [1.82, 2.24) is 19.9 Å². The third-order valence-corrected chi connectivity index (χ3v) is 5.04. The van der Waals surface area contributed by atoms with Crippen LogP contribution in [-0.4, -0.2) is 40.3 Å². The zero-order valence-corrected chi connectivity index (χ0v) is 17.9. The minimum atomic E-state index is -4.75. The molecule has 0 saturated heterocycles. The SMILES string of the molecule is C#CC(C)(CC)NC(=O)c1cc2nc(-c3ccc(OC)c(OC)c3)cc(C(F)(F)F)n2n1. The molecule has 3 rings (SSSR count). The molecule has 1 unspecified atom stereocenters. The van der Waals surface area contributed by atoms with Gasteiger partial charge in [0.15, 0.2) is 28.5 Å². The van der Waals surface area contributed by atoms with Crippen LogP contribution < -0.4 is 14.8 Å². The number of rotatable bonds is 6. The van der Waals surface area contributed by atoms with Gasteiger partial charge in [0.1, 0.15) is 0 Å². The Kier molecular flexibility index (Phi) is 6.03. The Morgan fingerprint density at radius 2 is 1.88 bits per heavy atom. The second-order valence-electron chi connectivity index (χ2n) is 7.18. The van der Waals surface area contributed by atoms with Crippen LogP contribution in [0.3, 0.4) is 0 Å². The lowest BCUT2D eigenvalue weighted by atomic mass is 10.0. The largest absolute Gasteiger partial charge is 0.493 e. The summed E-state index contributed by atoms with van der Waals surface area (Å²) in [5.74, 6) is 2.52. The first-order valence-corrected chi connectivity index (χ1v) is 9.56. The highest BCUT2D eigenvalue weighted by Crippen LogP contribution is 2.35. The summed E-state index contributed by atoms with van der Waals surface area (Å²) in [7, 11) is 2.87. The number of terminal acetylenes is 1. The molecule has 7 nitrogen and oxygen atoms in total. The number of aromatic nitrogens is 3. The van der Waals surface area contributed by atoms with E-state index in [1.165, 1.54) is 26.4 Å². The van der Waals surface area contributed by atoms with Crippen molar-refractivity contribution in [2.24, 2.45) is 0 Å². The number of methoxy groups -OCH3 is 2. The van der Waals surface area contributed by atoms with Gasteiger partial charge in [-0.1, -0.05) is 12.8 Å². The maximum atomic E-state index is 13.8. The van der Waals surface area contributed by atoms with Gasteiger partial charge in [0.05, 0.1) is 25.5 Å². The molecule has 1 N–H and O–H groups in total. The van der Waals surface area contributed by atoms with Gasteiger partial charge in [-0.15, -0.1) is 6.42 Å². The lowest BCUT2D eigenvalue weighted by Gasteiger charge is -2.22. The Hall–Kier alpha value is -3.74. The van der Waals surface area contributed by atoms with Gasteiger partial charge < -0.3 is 14.8 Å². The van der Waals surface area contributed by atoms with Crippen molar-refractivity contribution >= 4 is 11.6 Å². The average Bonchev–Trinajstić information content (AvgIpc) is 3.21. The number of halogens is 3. The van der Waals surface area contributed by atoms with Crippen LogP contribution in [-0.2, 0) is 6.18 Å². The molecule has 0 radical (unpaired) electrons. The normalized spacial score (nSPS) is 13.3. The number of amides is 1. The molecule has 1 atom stereocenters. The first kappa shape index (κ1) is 22.9. The van der Waals surface area contributed by atoms with Gasteiger partial charge in [0.25, 0.3) is 5.91 Å². The molecule has 0 aliphatic heterocycles. The van der Waals surface area contributed by atoms with Crippen molar-refractivity contribution in [2.75, 3.05) is 14.2 Å². The lowest BCUT2D eigenvalue weighted by Crippen LogP contribution is -2.44. The molecule has 168 valence electrons. The van der Waals surface area contributed by atoms with Crippen LogP contribution in [0.5, 0.6) is 11.5 Å². The summed E-state index contributed by atoms with van der Waals surface area (Å²) in [4.78, 5) is 16.9. The first-order chi connectivity index (χ1) is 15.0. The van der Waals surface area contributed by atoms with E-state index >= 15 is 0 Å². The maximum absolute atomic E-state index is 13.8. The van der Waals surface area contributed by atoms with Crippen molar-refractivity contribution in [1.29, 1.82) is 0 Å². The van der Waals surface area contributed by atoms with Crippen molar-refractivity contribution in [2.45, 2.75) is 32.0 Å². The van der Waals surface area contributed by atoms with E-state index in [9.17, 15) is 18.0 Å². The van der Waals surface area contributed by atoms with Crippen LogP contribution in [0, 0.1) is 12.3 Å². The Morgan fingerprint density at radius 3 is 2.44 bits per heavy atom. The number of nitrogens with zero attached hydrogens (tertiary/aromatic N) is 3. The van der Waals surface area contributed by atoms with E-state index in [2.05, 4.69) is 21.3 Å². The molecular formula is C22H21F3N4O3. The second-order valence-corrected chi connectivity index (χ2v) is 7.18. The minimum absolute atomic E-state index is 0.0275. The molecule has 32 heavy (non-hydrogen) atoms. The smallest absolute Gasteiger partial charge is 0.433 e. The molecular weight excluding hydrogens is 425 g/mol. The van der Waals surface area contributed by atoms with Gasteiger partial charge in [-0.25, -0.2) is 9.50 Å². The maximum Gasteiger partial charge on any atom is 0.433 e. The third-order valence-electron chi connectivity index (χ3n) is 5.04. The van der Waals surface area contributed by atoms with Crippen molar-refractivity contribution in [3.05, 3.63) is 41.7 Å². The van der Waals surface area contributed by atoms with E-state index < -0.39 is 23.3 Å². The number of carbonyl (C=O) groups excluding carboxylic acids is 1. The van der Waals surface area contributed by atoms with Crippen LogP contribution in [0.15, 0.2) is 30.3 Å². The van der Waals surface area contributed by atoms with Crippen LogP contribution in [0.2, 0.25) is 0 Å². The molecule has 0 aliphatic carbocycles. The molecule has 10 heteroatoms. The summed E-state index contributed by atoms with van der Waals surface area (Å²) in [6.07, 6.45) is 1.14. The summed E-state index contributed by atoms with van der Waals surface area (Å²) in [6.45, 7) is 3.41. The zero-order valence-electron chi connectivity index (χ0n) is 17.9. The Morgan fingerprint density at radius 1 is 1.19 bits per heavy atom. The molecule has 1 amide bonds. The van der Waals surface area contributed by atoms with Crippen molar-refractivity contribution in [3.8, 4) is 35.1 Å². The summed E-state index contributed by atoms with van der Waals surface area (Å²) in [5.41, 5.74) is -2.02. The predicted molar refractivity (Wildman–Crippen MR) is 112 cm³/mol. The third kappa shape index (κ3) is 4.32. The molecule has 0 bridgehead atoms. The number of hydrogen-bond acceptors (Lipinski definition) is 5. The van der Waals surface area contributed by atoms with Gasteiger partial charge in [0.2, 0.25) is 0 Å². The molecule has 0 fully saturated rings. The standard InChI is InChI=1S/C22H21F3N4O3/c1-6-21(3,7-2)27-20(30)15-12-19-26-14(11-18(22(23,24)25)29(19)28-15)13-8-9-16(31-4)17(10-13)32-5/h1,8-12H,7H2,2-5H3,(H,27,30). The van der Waals surface area contributed by atoms with E-state index in [0.29, 0.717) is 28.0 Å². The minimum Gasteiger partial charge on any atom is -0.493 e. The lowest BCUT2D eigenvalue weighted by molar-refractivity contribution is -0.142. The Bertz CT molecular complexity index is 1210. The molecule has 3 aromatic rings. The fourth-order valence-electron chi connectivity index (χ4n) is 2.97. The zero-order chi connectivity index (χ0) is 23.7. The molecule has 2 aromatic heterocycles. The average molecular weight is 446 g/mol. The second kappa shape index (κ2) is 8.42. The Labute approximate surface area is 182 Å². The Balaban J connectivity index is 2.14. The highest BCUT2D eigenvalue weighted by atomic mass is 19.4. The van der Waals surface area contributed by atoms with Crippen LogP contribution in [0.25, 0.3) is 16.9 Å². The van der Waals surface area contributed by atoms with Gasteiger partial charge in [-0.2, -0.15) is 18.3 Å². The number of fused-ring (bicyclic) bond motifs is 1. The molecule has 1 aromatic carbocycles. The van der Waals surface area contributed by atoms with Crippen LogP contribution >= 0.6 is 0 Å². The van der Waals surface area contributed by atoms with E-state index in [0.717, 1.165) is 6.07 Å². The quantitative estimate of drug-likeness (QED) is 0.580. The topological polar surface area (TPSA) is 77.8 Å². The molecule has 2 heterocycles. The number of alkyl halides is 3. The van der Waals surface area contributed by atoms with E-state index in [4.69, 9.17) is 15.9 Å². The number of benzene rings is 1. The highest BCUT2D eigenvalue weighted by molar-refractivity contribution is 5.94. The van der Waals surface area contributed by atoms with E-state index in [-0.39, 0.29) is 17.0 Å². The number of hydrogen-bond donors (Lipinski definition) is 1. The summed E-state index contributed by atoms with van der Waals surface area (Å²) in [6, 6.07) is 6.68. The summed E-state index contributed by atoms with van der Waals surface area (Å²) < 4.78 is 52.4. The number of ether oxygens (including phenoxy) is 2. The molecule has 0 spiro atoms. The number of nitrogens with one attached hydrogen (secondary N) is 1. The van der Waals surface area contributed by atoms with Crippen LogP contribution in [0.1, 0.15) is 36.5 Å². The fraction of sp³-hybridized carbons (Fsp3) is 0.318. The monoisotopic (exact) mass is 446 g/mol. The number of carbonyl (C=O) groups is 1. The molecule has 0 saturated carbocycles. The van der Waals surface area contributed by atoms with E-state index in [1.54, 1.807) is 26.0 Å². The van der Waals surface area contributed by atoms with Gasteiger partial charge in [-0.05, 0) is 37.6 Å². The highest BCUT2D eigenvalue weighted by Gasteiger charge is 2.36. The first-order valence-electron chi connectivity index (χ1n) is 9.56. The summed E-state index contributed by atoms with van der Waals surface area (Å²) in [5, 5.41) is 6.45.